The standard InChI is InChI=1S/C41H72Cl2NO7P/c1-3-5-7-9-11-13-15-17-19-21-26-30-40(45)48-36-39(50-41(46)31-27-22-20-18-16-14-12-10-8-6-4-2)37-49-52(47,44(34-32-42)35-33-43)51-38-28-24-23-25-29-38/h23-25,28-29,39H,3-22,26-27,30-37H2,1-2H3/t39-,52+/m1/s1. The van der Waals surface area contributed by atoms with Crippen LogP contribution in [0.25, 0.3) is 0 Å². The van der Waals surface area contributed by atoms with E-state index in [1.54, 1.807) is 24.3 Å². The van der Waals surface area contributed by atoms with Gasteiger partial charge in [-0.15, -0.1) is 23.2 Å². The molecule has 0 bridgehead atoms. The number of nitrogens with zero attached hydrogens (tertiary/aromatic N) is 1. The molecular weight excluding hydrogens is 720 g/mol. The number of rotatable bonds is 37. The molecule has 0 saturated heterocycles. The zero-order valence-corrected chi connectivity index (χ0v) is 35.1. The predicted octanol–water partition coefficient (Wildman–Crippen LogP) is 12.8. The Morgan fingerprint density at radius 1 is 0.615 bits per heavy atom. The van der Waals surface area contributed by atoms with E-state index in [-0.39, 0.29) is 50.5 Å². The average molecular weight is 793 g/mol. The van der Waals surface area contributed by atoms with Crippen LogP contribution in [-0.4, -0.2) is 60.8 Å². The first-order chi connectivity index (χ1) is 25.4. The van der Waals surface area contributed by atoms with Gasteiger partial charge in [0.25, 0.3) is 0 Å². The zero-order valence-electron chi connectivity index (χ0n) is 32.7. The number of hydrogen-bond donors (Lipinski definition) is 0. The fourth-order valence-corrected chi connectivity index (χ4v) is 8.40. The van der Waals surface area contributed by atoms with Gasteiger partial charge in [0.2, 0.25) is 0 Å². The number of esters is 2. The Hall–Kier alpha value is -1.31. The van der Waals surface area contributed by atoms with E-state index in [0.29, 0.717) is 12.2 Å². The molecule has 0 radical (unpaired) electrons. The molecule has 0 spiro atoms. The minimum atomic E-state index is -3.99. The number of ether oxygens (including phenoxy) is 2. The maximum absolute atomic E-state index is 14.2. The molecule has 1 aromatic rings. The van der Waals surface area contributed by atoms with Gasteiger partial charge >= 0.3 is 19.7 Å². The van der Waals surface area contributed by atoms with Crippen molar-refractivity contribution in [2.75, 3.05) is 38.1 Å². The van der Waals surface area contributed by atoms with Crippen LogP contribution in [0.2, 0.25) is 0 Å². The summed E-state index contributed by atoms with van der Waals surface area (Å²) in [5.74, 6) is -0.0455. The first-order valence-corrected chi connectivity index (χ1v) is 23.2. The van der Waals surface area contributed by atoms with Crippen molar-refractivity contribution < 1.29 is 32.7 Å². The van der Waals surface area contributed by atoms with E-state index < -0.39 is 19.8 Å². The Morgan fingerprint density at radius 2 is 1.04 bits per heavy atom. The van der Waals surface area contributed by atoms with Crippen molar-refractivity contribution in [1.29, 1.82) is 0 Å². The molecule has 2 atom stereocenters. The Kier molecular flexibility index (Phi) is 32.0. The maximum Gasteiger partial charge on any atom is 0.461 e. The summed E-state index contributed by atoms with van der Waals surface area (Å²) in [5.41, 5.74) is 0. The molecule has 8 nitrogen and oxygen atoms in total. The number of carbonyl (C=O) groups excluding carboxylic acids is 2. The van der Waals surface area contributed by atoms with Crippen molar-refractivity contribution in [3.63, 3.8) is 0 Å². The number of halogens is 2. The molecule has 0 heterocycles. The molecule has 1 rings (SSSR count). The van der Waals surface area contributed by atoms with Crippen molar-refractivity contribution in [2.24, 2.45) is 0 Å². The number of benzene rings is 1. The number of para-hydroxylation sites is 1. The fourth-order valence-electron chi connectivity index (χ4n) is 6.00. The molecule has 0 unspecified atom stereocenters. The van der Waals surface area contributed by atoms with Gasteiger partial charge in [0.05, 0.1) is 6.61 Å². The van der Waals surface area contributed by atoms with E-state index in [9.17, 15) is 14.2 Å². The van der Waals surface area contributed by atoms with Crippen LogP contribution in [0.3, 0.4) is 0 Å². The second-order valence-corrected chi connectivity index (χ2v) is 16.6. The molecule has 0 fully saturated rings. The normalized spacial score (nSPS) is 13.2. The molecule has 0 aliphatic rings. The fraction of sp³-hybridized carbons (Fsp3) is 0.805. The summed E-state index contributed by atoms with van der Waals surface area (Å²) in [7, 11) is -3.99. The highest BCUT2D eigenvalue weighted by atomic mass is 35.5. The third-order valence-electron chi connectivity index (χ3n) is 9.12. The lowest BCUT2D eigenvalue weighted by atomic mass is 10.1. The summed E-state index contributed by atoms with van der Waals surface area (Å²) >= 11 is 12.1. The van der Waals surface area contributed by atoms with Crippen LogP contribution in [0.15, 0.2) is 30.3 Å². The van der Waals surface area contributed by atoms with Crippen molar-refractivity contribution in [3.8, 4) is 5.75 Å². The molecule has 11 heteroatoms. The monoisotopic (exact) mass is 791 g/mol. The minimum Gasteiger partial charge on any atom is -0.462 e. The third kappa shape index (κ3) is 26.5. The van der Waals surface area contributed by atoms with E-state index in [0.717, 1.165) is 38.5 Å². The third-order valence-corrected chi connectivity index (χ3v) is 11.5. The van der Waals surface area contributed by atoms with Gasteiger partial charge in [-0.25, -0.2) is 4.57 Å². The van der Waals surface area contributed by atoms with E-state index >= 15 is 0 Å². The smallest absolute Gasteiger partial charge is 0.461 e. The number of hydrogen-bond acceptors (Lipinski definition) is 7. The molecular formula is C41H72Cl2NO7P. The summed E-state index contributed by atoms with van der Waals surface area (Å²) in [6.07, 6.45) is 25.7. The largest absolute Gasteiger partial charge is 0.462 e. The molecule has 302 valence electrons. The molecule has 0 aliphatic carbocycles. The van der Waals surface area contributed by atoms with Crippen LogP contribution >= 0.6 is 30.9 Å². The average Bonchev–Trinajstić information content (AvgIpc) is 3.14. The van der Waals surface area contributed by atoms with Crippen LogP contribution in [0.4, 0.5) is 0 Å². The van der Waals surface area contributed by atoms with E-state index in [2.05, 4.69) is 13.8 Å². The molecule has 0 aliphatic heterocycles. The molecule has 52 heavy (non-hydrogen) atoms. The Morgan fingerprint density at radius 3 is 1.48 bits per heavy atom. The van der Waals surface area contributed by atoms with E-state index in [4.69, 9.17) is 41.7 Å². The van der Waals surface area contributed by atoms with E-state index in [1.807, 2.05) is 6.07 Å². The lowest BCUT2D eigenvalue weighted by Gasteiger charge is -2.30. The number of carbonyl (C=O) groups is 2. The van der Waals surface area contributed by atoms with Gasteiger partial charge in [0.1, 0.15) is 12.4 Å². The Balaban J connectivity index is 2.67. The van der Waals surface area contributed by atoms with Crippen molar-refractivity contribution in [3.05, 3.63) is 30.3 Å². The number of unbranched alkanes of at least 4 members (excludes halogenated alkanes) is 20. The highest BCUT2D eigenvalue weighted by molar-refractivity contribution is 7.51. The summed E-state index contributed by atoms with van der Waals surface area (Å²) < 4.78 is 38.9. The topological polar surface area (TPSA) is 91.4 Å². The van der Waals surface area contributed by atoms with Crippen LogP contribution in [0.5, 0.6) is 5.75 Å². The lowest BCUT2D eigenvalue weighted by Crippen LogP contribution is -2.33. The van der Waals surface area contributed by atoms with Gasteiger partial charge in [-0.05, 0) is 25.0 Å². The highest BCUT2D eigenvalue weighted by Gasteiger charge is 2.36. The zero-order chi connectivity index (χ0) is 38.0. The van der Waals surface area contributed by atoms with Gasteiger partial charge in [-0.2, -0.15) is 4.67 Å². The highest BCUT2D eigenvalue weighted by Crippen LogP contribution is 2.52. The summed E-state index contributed by atoms with van der Waals surface area (Å²) in [5, 5.41) is 0. The van der Waals surface area contributed by atoms with Crippen LogP contribution in [0, 0.1) is 0 Å². The molecule has 1 aromatic carbocycles. The van der Waals surface area contributed by atoms with Crippen LogP contribution < -0.4 is 4.52 Å². The minimum absolute atomic E-state index is 0.177. The second-order valence-electron chi connectivity index (χ2n) is 13.9. The summed E-state index contributed by atoms with van der Waals surface area (Å²) in [6.45, 7) is 4.40. The molecule has 0 saturated carbocycles. The van der Waals surface area contributed by atoms with Gasteiger partial charge < -0.3 is 14.0 Å². The predicted molar refractivity (Wildman–Crippen MR) is 217 cm³/mol. The maximum atomic E-state index is 14.2. The summed E-state index contributed by atoms with van der Waals surface area (Å²) in [4.78, 5) is 25.6. The first-order valence-electron chi connectivity index (χ1n) is 20.6. The number of alkyl halides is 2. The SMILES string of the molecule is CCCCCCCCCCCCCC(=O)OC[C@H](CO[P@](=O)(Oc1ccccc1)N(CCCl)CCCl)OC(=O)CCCCCCCCCCCCC. The van der Waals surface area contributed by atoms with Gasteiger partial charge in [-0.3, -0.25) is 14.1 Å². The Bertz CT molecular complexity index is 1030. The van der Waals surface area contributed by atoms with Crippen molar-refractivity contribution in [2.45, 2.75) is 174 Å². The van der Waals surface area contributed by atoms with Crippen LogP contribution in [-0.2, 0) is 28.2 Å². The Labute approximate surface area is 327 Å². The molecule has 0 N–H and O–H groups in total. The van der Waals surface area contributed by atoms with E-state index in [1.165, 1.54) is 107 Å². The van der Waals surface area contributed by atoms with Crippen molar-refractivity contribution in [1.82, 2.24) is 4.67 Å². The molecule has 0 aromatic heterocycles. The first kappa shape index (κ1) is 48.7. The molecule has 0 amide bonds. The van der Waals surface area contributed by atoms with Crippen molar-refractivity contribution >= 4 is 42.9 Å². The van der Waals surface area contributed by atoms with Gasteiger partial charge in [0, 0.05) is 37.7 Å². The quantitative estimate of drug-likeness (QED) is 0.0285. The second kappa shape index (κ2) is 34.2. The lowest BCUT2D eigenvalue weighted by molar-refractivity contribution is -0.161. The summed E-state index contributed by atoms with van der Waals surface area (Å²) in [6, 6.07) is 8.71. The van der Waals surface area contributed by atoms with Gasteiger partial charge in [-0.1, -0.05) is 160 Å². The van der Waals surface area contributed by atoms with Crippen LogP contribution in [0.1, 0.15) is 168 Å². The van der Waals surface area contributed by atoms with Gasteiger partial charge in [0.15, 0.2) is 6.10 Å².